The van der Waals surface area contributed by atoms with E-state index in [4.69, 9.17) is 4.52 Å². The van der Waals surface area contributed by atoms with Gasteiger partial charge in [0.05, 0.1) is 11.9 Å². The smallest absolute Gasteiger partial charge is 0.321 e. The highest BCUT2D eigenvalue weighted by atomic mass is 31.2. The predicted molar refractivity (Wildman–Crippen MR) is 126 cm³/mol. The van der Waals surface area contributed by atoms with Crippen molar-refractivity contribution in [2.24, 2.45) is 0 Å². The predicted octanol–water partition coefficient (Wildman–Crippen LogP) is 8.17. The van der Waals surface area contributed by atoms with E-state index in [9.17, 15) is 9.46 Å². The first-order valence-corrected chi connectivity index (χ1v) is 13.8. The van der Waals surface area contributed by atoms with E-state index in [0.717, 1.165) is 12.8 Å². The van der Waals surface area contributed by atoms with Gasteiger partial charge in [-0.3, -0.25) is 4.57 Å². The Bertz CT molecular complexity index is 518. The third-order valence-electron chi connectivity index (χ3n) is 5.60. The molecule has 0 amide bonds. The molecule has 0 aliphatic rings. The first-order valence-electron chi connectivity index (χ1n) is 12.2. The van der Waals surface area contributed by atoms with Gasteiger partial charge in [0.25, 0.3) is 0 Å². The summed E-state index contributed by atoms with van der Waals surface area (Å²) in [5, 5.41) is 0.381. The highest BCUT2D eigenvalue weighted by molar-refractivity contribution is 7.61. The molecule has 1 rings (SSSR count). The van der Waals surface area contributed by atoms with Crippen molar-refractivity contribution in [3.8, 4) is 0 Å². The van der Waals surface area contributed by atoms with E-state index < -0.39 is 7.60 Å². The fourth-order valence-corrected chi connectivity index (χ4v) is 4.78. The topological polar surface area (TPSA) is 46.5 Å². The fraction of sp³-hybridized carbons (Fsp3) is 0.760. The van der Waals surface area contributed by atoms with Crippen LogP contribution in [0.15, 0.2) is 30.3 Å². The van der Waals surface area contributed by atoms with Gasteiger partial charge in [0, 0.05) is 0 Å². The molecule has 0 aliphatic carbocycles. The molecule has 3 nitrogen and oxygen atoms in total. The molecule has 1 N–H and O–H groups in total. The zero-order valence-electron chi connectivity index (χ0n) is 18.8. The van der Waals surface area contributed by atoms with Crippen molar-refractivity contribution in [3.05, 3.63) is 30.3 Å². The molecule has 0 radical (unpaired) electrons. The van der Waals surface area contributed by atoms with Gasteiger partial charge in [-0.15, -0.1) is 0 Å². The van der Waals surface area contributed by atoms with E-state index in [2.05, 4.69) is 6.92 Å². The van der Waals surface area contributed by atoms with Crippen molar-refractivity contribution in [1.82, 2.24) is 0 Å². The molecule has 0 aromatic heterocycles. The van der Waals surface area contributed by atoms with Crippen molar-refractivity contribution >= 4 is 12.9 Å². The van der Waals surface area contributed by atoms with E-state index in [-0.39, 0.29) is 0 Å². The summed E-state index contributed by atoms with van der Waals surface area (Å²) in [7, 11) is -3.64. The SMILES string of the molecule is CCCCCCCCCCCCCCCCCCCOP(=O)(O)c1ccccc1. The highest BCUT2D eigenvalue weighted by Gasteiger charge is 2.21. The minimum atomic E-state index is -3.64. The average Bonchev–Trinajstić information content (AvgIpc) is 2.73. The molecule has 168 valence electrons. The van der Waals surface area contributed by atoms with E-state index in [1.807, 2.05) is 6.07 Å². The number of benzene rings is 1. The van der Waals surface area contributed by atoms with Gasteiger partial charge >= 0.3 is 7.60 Å². The molecule has 1 aromatic carbocycles. The van der Waals surface area contributed by atoms with E-state index in [0.29, 0.717) is 11.9 Å². The molecule has 0 heterocycles. The Morgan fingerprint density at radius 1 is 0.655 bits per heavy atom. The third kappa shape index (κ3) is 14.9. The second kappa shape index (κ2) is 18.2. The van der Waals surface area contributed by atoms with Crippen LogP contribution in [0.25, 0.3) is 0 Å². The monoisotopic (exact) mass is 424 g/mol. The molecular weight excluding hydrogens is 379 g/mol. The second-order valence-corrected chi connectivity index (χ2v) is 10.2. The minimum Gasteiger partial charge on any atom is -0.321 e. The lowest BCUT2D eigenvalue weighted by Gasteiger charge is -2.12. The summed E-state index contributed by atoms with van der Waals surface area (Å²) in [5.41, 5.74) is 0. The van der Waals surface area contributed by atoms with Crippen LogP contribution in [0.1, 0.15) is 116 Å². The van der Waals surface area contributed by atoms with Crippen LogP contribution in [0.2, 0.25) is 0 Å². The van der Waals surface area contributed by atoms with Crippen molar-refractivity contribution in [2.75, 3.05) is 6.61 Å². The molecule has 4 heteroatoms. The van der Waals surface area contributed by atoms with Gasteiger partial charge in [0.15, 0.2) is 0 Å². The minimum absolute atomic E-state index is 0.362. The summed E-state index contributed by atoms with van der Waals surface area (Å²) in [5.74, 6) is 0. The van der Waals surface area contributed by atoms with Gasteiger partial charge in [-0.05, 0) is 18.6 Å². The maximum atomic E-state index is 12.1. The summed E-state index contributed by atoms with van der Waals surface area (Å²) in [4.78, 5) is 9.95. The first-order chi connectivity index (χ1) is 14.2. The Morgan fingerprint density at radius 3 is 1.45 bits per heavy atom. The number of rotatable bonds is 20. The van der Waals surface area contributed by atoms with E-state index >= 15 is 0 Å². The van der Waals surface area contributed by atoms with Gasteiger partial charge in [-0.2, -0.15) is 0 Å². The van der Waals surface area contributed by atoms with Crippen LogP contribution >= 0.6 is 7.60 Å². The summed E-state index contributed by atoms with van der Waals surface area (Å²) >= 11 is 0. The normalized spacial score (nSPS) is 13.4. The van der Waals surface area contributed by atoms with Crippen LogP contribution < -0.4 is 5.30 Å². The highest BCUT2D eigenvalue weighted by Crippen LogP contribution is 2.40. The Balaban J connectivity index is 1.80. The number of hydrogen-bond donors (Lipinski definition) is 1. The fourth-order valence-electron chi connectivity index (χ4n) is 3.71. The molecule has 1 atom stereocenters. The van der Waals surface area contributed by atoms with Crippen LogP contribution in [0, 0.1) is 0 Å². The molecule has 0 fully saturated rings. The molecule has 0 saturated heterocycles. The Kier molecular flexibility index (Phi) is 16.5. The maximum Gasteiger partial charge on any atom is 0.358 e. The summed E-state index contributed by atoms with van der Waals surface area (Å²) < 4.78 is 17.4. The summed E-state index contributed by atoms with van der Waals surface area (Å²) in [6, 6.07) is 8.65. The van der Waals surface area contributed by atoms with E-state index in [1.165, 1.54) is 96.3 Å². The Hall–Kier alpha value is -0.630. The van der Waals surface area contributed by atoms with Crippen molar-refractivity contribution in [1.29, 1.82) is 0 Å². The zero-order valence-corrected chi connectivity index (χ0v) is 19.7. The lowest BCUT2D eigenvalue weighted by molar-refractivity contribution is 0.261. The quantitative estimate of drug-likeness (QED) is 0.170. The average molecular weight is 425 g/mol. The van der Waals surface area contributed by atoms with Crippen LogP contribution in [0.3, 0.4) is 0 Å². The van der Waals surface area contributed by atoms with Crippen LogP contribution in [0.5, 0.6) is 0 Å². The molecule has 1 aromatic rings. The number of hydrogen-bond acceptors (Lipinski definition) is 2. The first kappa shape index (κ1) is 26.4. The maximum absolute atomic E-state index is 12.1. The standard InChI is InChI=1S/C25H45O3P/c1-2-3-4-5-6-7-8-9-10-11-12-13-14-15-16-17-21-24-28-29(26,27)25-22-19-18-20-23-25/h18-20,22-23H,2-17,21,24H2,1H3,(H,26,27). The largest absolute Gasteiger partial charge is 0.358 e. The van der Waals surface area contributed by atoms with Gasteiger partial charge in [-0.25, -0.2) is 0 Å². The lowest BCUT2D eigenvalue weighted by Crippen LogP contribution is -2.07. The Labute approximate surface area is 180 Å². The van der Waals surface area contributed by atoms with Gasteiger partial charge < -0.3 is 9.42 Å². The molecule has 29 heavy (non-hydrogen) atoms. The van der Waals surface area contributed by atoms with Crippen molar-refractivity contribution in [3.63, 3.8) is 0 Å². The molecule has 0 bridgehead atoms. The molecule has 1 unspecified atom stereocenters. The molecular formula is C25H45O3P. The number of unbranched alkanes of at least 4 members (excludes halogenated alkanes) is 16. The molecule has 0 spiro atoms. The van der Waals surface area contributed by atoms with Crippen LogP contribution in [-0.4, -0.2) is 11.5 Å². The Morgan fingerprint density at radius 2 is 1.03 bits per heavy atom. The summed E-state index contributed by atoms with van der Waals surface area (Å²) in [6.07, 6.45) is 22.6. The molecule has 0 saturated carbocycles. The van der Waals surface area contributed by atoms with Crippen LogP contribution in [-0.2, 0) is 9.09 Å². The van der Waals surface area contributed by atoms with Crippen molar-refractivity contribution in [2.45, 2.75) is 116 Å². The van der Waals surface area contributed by atoms with E-state index in [1.54, 1.807) is 24.3 Å². The van der Waals surface area contributed by atoms with Crippen molar-refractivity contribution < 1.29 is 14.0 Å². The lowest BCUT2D eigenvalue weighted by atomic mass is 10.0. The van der Waals surface area contributed by atoms with Gasteiger partial charge in [0.1, 0.15) is 0 Å². The molecule has 0 aliphatic heterocycles. The second-order valence-electron chi connectivity index (χ2n) is 8.35. The zero-order chi connectivity index (χ0) is 21.0. The third-order valence-corrected chi connectivity index (χ3v) is 7.08. The van der Waals surface area contributed by atoms with Gasteiger partial charge in [0.2, 0.25) is 0 Å². The summed E-state index contributed by atoms with van der Waals surface area (Å²) in [6.45, 7) is 2.64. The van der Waals surface area contributed by atoms with Gasteiger partial charge in [-0.1, -0.05) is 128 Å². The van der Waals surface area contributed by atoms with Crippen LogP contribution in [0.4, 0.5) is 0 Å².